The molecule has 1 N–H and O–H groups in total. The van der Waals surface area contributed by atoms with E-state index >= 15 is 0 Å². The second-order valence-electron chi connectivity index (χ2n) is 4.01. The Morgan fingerprint density at radius 2 is 2.05 bits per heavy atom. The van der Waals surface area contributed by atoms with Crippen LogP contribution in [0.5, 0.6) is 0 Å². The first-order valence-electron chi connectivity index (χ1n) is 5.75. The third-order valence-corrected chi connectivity index (χ3v) is 2.56. The van der Waals surface area contributed by atoms with Crippen LogP contribution in [0.1, 0.15) is 11.3 Å². The second kappa shape index (κ2) is 6.04. The maximum atomic E-state index is 13.3. The van der Waals surface area contributed by atoms with E-state index in [2.05, 4.69) is 10.3 Å². The zero-order valence-electron chi connectivity index (χ0n) is 10.1. The Morgan fingerprint density at radius 1 is 1.21 bits per heavy atom. The van der Waals surface area contributed by atoms with Gasteiger partial charge >= 0.3 is 0 Å². The number of benzene rings is 1. The van der Waals surface area contributed by atoms with Crippen LogP contribution in [0.15, 0.2) is 42.6 Å². The molecule has 98 valence electrons. The van der Waals surface area contributed by atoms with Crippen LogP contribution in [-0.4, -0.2) is 10.9 Å². The first-order valence-corrected chi connectivity index (χ1v) is 5.75. The first-order chi connectivity index (χ1) is 9.15. The van der Waals surface area contributed by atoms with Crippen LogP contribution in [-0.2, 0) is 17.8 Å². The van der Waals surface area contributed by atoms with E-state index in [-0.39, 0.29) is 24.4 Å². The molecule has 0 aliphatic carbocycles. The average molecular weight is 262 g/mol. The van der Waals surface area contributed by atoms with E-state index in [1.807, 2.05) is 6.07 Å². The molecule has 0 spiro atoms. The lowest BCUT2D eigenvalue weighted by atomic mass is 10.1. The topological polar surface area (TPSA) is 42.0 Å². The first kappa shape index (κ1) is 13.1. The van der Waals surface area contributed by atoms with Crippen molar-refractivity contribution in [3.8, 4) is 0 Å². The normalized spacial score (nSPS) is 10.2. The molecule has 1 heterocycles. The van der Waals surface area contributed by atoms with E-state index in [1.165, 1.54) is 6.07 Å². The molecule has 0 unspecified atom stereocenters. The summed E-state index contributed by atoms with van der Waals surface area (Å²) >= 11 is 0. The second-order valence-corrected chi connectivity index (χ2v) is 4.01. The number of aromatic nitrogens is 1. The summed E-state index contributed by atoms with van der Waals surface area (Å²) < 4.78 is 26.0. The van der Waals surface area contributed by atoms with Crippen molar-refractivity contribution in [2.75, 3.05) is 0 Å². The van der Waals surface area contributed by atoms with Gasteiger partial charge in [0.25, 0.3) is 0 Å². The number of pyridine rings is 1. The van der Waals surface area contributed by atoms with Gasteiger partial charge in [-0.25, -0.2) is 8.78 Å². The fourth-order valence-corrected chi connectivity index (χ4v) is 1.59. The zero-order valence-corrected chi connectivity index (χ0v) is 10.1. The Balaban J connectivity index is 1.91. The summed E-state index contributed by atoms with van der Waals surface area (Å²) in [6, 6.07) is 8.53. The molecule has 1 aromatic carbocycles. The van der Waals surface area contributed by atoms with Crippen molar-refractivity contribution < 1.29 is 13.6 Å². The van der Waals surface area contributed by atoms with Crippen LogP contribution in [0.25, 0.3) is 0 Å². The van der Waals surface area contributed by atoms with E-state index in [4.69, 9.17) is 0 Å². The van der Waals surface area contributed by atoms with Gasteiger partial charge in [0.2, 0.25) is 5.91 Å². The molecule has 0 saturated carbocycles. The fraction of sp³-hybridized carbons (Fsp3) is 0.143. The Bertz CT molecular complexity index is 573. The van der Waals surface area contributed by atoms with Gasteiger partial charge in [-0.3, -0.25) is 9.78 Å². The van der Waals surface area contributed by atoms with E-state index in [1.54, 1.807) is 18.3 Å². The molecule has 5 heteroatoms. The standard InChI is InChI=1S/C14H12F2N2O/c15-11-5-4-10(13(16)8-11)7-14(19)18-9-12-3-1-2-6-17-12/h1-6,8H,7,9H2,(H,18,19). The molecule has 0 saturated heterocycles. The monoisotopic (exact) mass is 262 g/mol. The van der Waals surface area contributed by atoms with Crippen molar-refractivity contribution in [1.82, 2.24) is 10.3 Å². The zero-order chi connectivity index (χ0) is 13.7. The summed E-state index contributed by atoms with van der Waals surface area (Å²) in [6.07, 6.45) is 1.50. The molecule has 0 bridgehead atoms. The molecule has 2 rings (SSSR count). The SMILES string of the molecule is O=C(Cc1ccc(F)cc1F)NCc1ccccn1. The number of nitrogens with one attached hydrogen (secondary N) is 1. The largest absolute Gasteiger partial charge is 0.350 e. The molecule has 0 fully saturated rings. The Morgan fingerprint density at radius 3 is 2.74 bits per heavy atom. The van der Waals surface area contributed by atoms with Gasteiger partial charge in [-0.15, -0.1) is 0 Å². The highest BCUT2D eigenvalue weighted by molar-refractivity contribution is 5.78. The van der Waals surface area contributed by atoms with Crippen molar-refractivity contribution in [3.63, 3.8) is 0 Å². The van der Waals surface area contributed by atoms with Crippen LogP contribution in [0.3, 0.4) is 0 Å². The van der Waals surface area contributed by atoms with Crippen LogP contribution in [0.4, 0.5) is 8.78 Å². The number of amides is 1. The van der Waals surface area contributed by atoms with Gasteiger partial charge in [-0.05, 0) is 23.8 Å². The van der Waals surface area contributed by atoms with Gasteiger partial charge in [-0.2, -0.15) is 0 Å². The molecule has 3 nitrogen and oxygen atoms in total. The van der Waals surface area contributed by atoms with Crippen LogP contribution < -0.4 is 5.32 Å². The van der Waals surface area contributed by atoms with Crippen molar-refractivity contribution in [2.24, 2.45) is 0 Å². The summed E-state index contributed by atoms with van der Waals surface area (Å²) in [5, 5.41) is 2.63. The quantitative estimate of drug-likeness (QED) is 0.918. The minimum atomic E-state index is -0.715. The lowest BCUT2D eigenvalue weighted by molar-refractivity contribution is -0.120. The number of hydrogen-bond acceptors (Lipinski definition) is 2. The summed E-state index contributed by atoms with van der Waals surface area (Å²) in [4.78, 5) is 15.7. The molecular formula is C14H12F2N2O. The van der Waals surface area contributed by atoms with Crippen molar-refractivity contribution in [2.45, 2.75) is 13.0 Å². The minimum absolute atomic E-state index is 0.126. The van der Waals surface area contributed by atoms with Gasteiger partial charge in [0, 0.05) is 12.3 Å². The predicted octanol–water partition coefficient (Wildman–Crippen LogP) is 2.22. The molecule has 19 heavy (non-hydrogen) atoms. The number of hydrogen-bond donors (Lipinski definition) is 1. The number of carbonyl (C=O) groups is 1. The third kappa shape index (κ3) is 3.84. The van der Waals surface area contributed by atoms with E-state index < -0.39 is 11.6 Å². The van der Waals surface area contributed by atoms with E-state index in [0.717, 1.165) is 17.8 Å². The molecule has 0 atom stereocenters. The highest BCUT2D eigenvalue weighted by Crippen LogP contribution is 2.10. The maximum Gasteiger partial charge on any atom is 0.224 e. The smallest absolute Gasteiger partial charge is 0.224 e. The van der Waals surface area contributed by atoms with Crippen LogP contribution in [0, 0.1) is 11.6 Å². The van der Waals surface area contributed by atoms with Gasteiger partial charge in [0.05, 0.1) is 18.7 Å². The molecular weight excluding hydrogens is 250 g/mol. The maximum absolute atomic E-state index is 13.3. The van der Waals surface area contributed by atoms with Crippen LogP contribution in [0.2, 0.25) is 0 Å². The molecule has 0 aliphatic rings. The van der Waals surface area contributed by atoms with Gasteiger partial charge < -0.3 is 5.32 Å². The number of halogens is 2. The summed E-state index contributed by atoms with van der Waals surface area (Å²) in [5.74, 6) is -1.71. The van der Waals surface area contributed by atoms with Crippen molar-refractivity contribution >= 4 is 5.91 Å². The van der Waals surface area contributed by atoms with Crippen molar-refractivity contribution in [1.29, 1.82) is 0 Å². The van der Waals surface area contributed by atoms with Gasteiger partial charge in [0.1, 0.15) is 11.6 Å². The molecule has 0 aliphatic heterocycles. The Kier molecular flexibility index (Phi) is 4.18. The fourth-order valence-electron chi connectivity index (χ4n) is 1.59. The molecule has 2 aromatic rings. The highest BCUT2D eigenvalue weighted by Gasteiger charge is 2.09. The van der Waals surface area contributed by atoms with Crippen molar-refractivity contribution in [3.05, 3.63) is 65.5 Å². The number of rotatable bonds is 4. The van der Waals surface area contributed by atoms with Crippen LogP contribution >= 0.6 is 0 Å². The molecule has 1 amide bonds. The van der Waals surface area contributed by atoms with E-state index in [0.29, 0.717) is 0 Å². The lowest BCUT2D eigenvalue weighted by Gasteiger charge is -2.05. The van der Waals surface area contributed by atoms with E-state index in [9.17, 15) is 13.6 Å². The summed E-state index contributed by atoms with van der Waals surface area (Å²) in [6.45, 7) is 0.280. The predicted molar refractivity (Wildman–Crippen MR) is 66.1 cm³/mol. The summed E-state index contributed by atoms with van der Waals surface area (Å²) in [5.41, 5.74) is 0.885. The Labute approximate surface area is 109 Å². The van der Waals surface area contributed by atoms with Gasteiger partial charge in [-0.1, -0.05) is 12.1 Å². The molecule has 1 aromatic heterocycles. The van der Waals surface area contributed by atoms with Gasteiger partial charge in [0.15, 0.2) is 0 Å². The third-order valence-electron chi connectivity index (χ3n) is 2.56. The lowest BCUT2D eigenvalue weighted by Crippen LogP contribution is -2.25. The number of carbonyl (C=O) groups excluding carboxylic acids is 1. The number of nitrogens with zero attached hydrogens (tertiary/aromatic N) is 1. The average Bonchev–Trinajstić information content (AvgIpc) is 2.41. The molecule has 0 radical (unpaired) electrons. The summed E-state index contributed by atoms with van der Waals surface area (Å²) in [7, 11) is 0. The Hall–Kier alpha value is -2.30. The highest BCUT2D eigenvalue weighted by atomic mass is 19.1. The minimum Gasteiger partial charge on any atom is -0.350 e.